The first-order chi connectivity index (χ1) is 20.5. The molecule has 3 aromatic rings. The summed E-state index contributed by atoms with van der Waals surface area (Å²) >= 11 is 0. The summed E-state index contributed by atoms with van der Waals surface area (Å²) in [5.41, 5.74) is 1.91. The lowest BCUT2D eigenvalue weighted by molar-refractivity contribution is -0.139. The molecule has 0 spiro atoms. The molecule has 0 radical (unpaired) electrons. The molecule has 3 aromatic carbocycles. The molecule has 9 nitrogen and oxygen atoms in total. The van der Waals surface area contributed by atoms with E-state index in [-0.39, 0.29) is 34.8 Å². The molecule has 0 unspecified atom stereocenters. The minimum atomic E-state index is -4.37. The van der Waals surface area contributed by atoms with Gasteiger partial charge in [-0.1, -0.05) is 42.7 Å². The monoisotopic (exact) mass is 611 g/mol. The van der Waals surface area contributed by atoms with E-state index in [1.165, 1.54) is 49.5 Å². The molecule has 0 heterocycles. The second-order valence-corrected chi connectivity index (χ2v) is 12.5. The molecule has 1 aliphatic rings. The Hall–Kier alpha value is -4.12. The number of rotatable bonds is 12. The lowest BCUT2D eigenvalue weighted by Crippen LogP contribution is -2.52. The maximum absolute atomic E-state index is 14.1. The molecule has 4 rings (SSSR count). The van der Waals surface area contributed by atoms with Gasteiger partial charge in [-0.05, 0) is 68.7 Å². The summed E-state index contributed by atoms with van der Waals surface area (Å²) < 4.78 is 53.4. The van der Waals surface area contributed by atoms with E-state index in [1.807, 2.05) is 31.2 Å². The van der Waals surface area contributed by atoms with Crippen molar-refractivity contribution in [2.24, 2.45) is 0 Å². The Labute approximate surface area is 252 Å². The molecule has 2 amide bonds. The molecule has 1 aliphatic carbocycles. The van der Waals surface area contributed by atoms with Crippen LogP contribution in [0, 0.1) is 12.7 Å². The highest BCUT2D eigenvalue weighted by Crippen LogP contribution is 2.32. The summed E-state index contributed by atoms with van der Waals surface area (Å²) in [5.74, 6) is -0.937. The number of anilines is 1. The van der Waals surface area contributed by atoms with Gasteiger partial charge in [-0.2, -0.15) is 0 Å². The number of methoxy groups -OCH3 is 2. The molecule has 1 atom stereocenters. The standard InChI is InChI=1S/C32H38FN3O6S/c1-22-9-11-24(12-10-22)20-35(23(2)32(38)34-26-7-5-6-8-26)31(37)21-36(27-15-13-25(33)14-16-27)43(39,40)28-17-18-29(41-3)30(19-28)42-4/h9-19,23,26H,5-8,20-21H2,1-4H3,(H,34,38)/t23-/m0/s1. The molecule has 1 N–H and O–H groups in total. The summed E-state index contributed by atoms with van der Waals surface area (Å²) in [7, 11) is -1.55. The number of benzene rings is 3. The van der Waals surface area contributed by atoms with E-state index in [1.54, 1.807) is 6.92 Å². The molecular formula is C32H38FN3O6S. The maximum atomic E-state index is 14.1. The van der Waals surface area contributed by atoms with Gasteiger partial charge in [-0.15, -0.1) is 0 Å². The van der Waals surface area contributed by atoms with Crippen molar-refractivity contribution >= 4 is 27.5 Å². The average molecular weight is 612 g/mol. The number of carbonyl (C=O) groups is 2. The molecule has 230 valence electrons. The fourth-order valence-corrected chi connectivity index (χ4v) is 6.54. The van der Waals surface area contributed by atoms with Gasteiger partial charge in [0.25, 0.3) is 10.0 Å². The van der Waals surface area contributed by atoms with Gasteiger partial charge in [0.05, 0.1) is 24.8 Å². The van der Waals surface area contributed by atoms with Gasteiger partial charge in [0.1, 0.15) is 18.4 Å². The lowest BCUT2D eigenvalue weighted by Gasteiger charge is -2.32. The van der Waals surface area contributed by atoms with Crippen molar-refractivity contribution in [2.75, 3.05) is 25.1 Å². The molecule has 0 aliphatic heterocycles. The number of ether oxygens (including phenoxy) is 2. The number of nitrogens with zero attached hydrogens (tertiary/aromatic N) is 2. The molecule has 1 fully saturated rings. The fraction of sp³-hybridized carbons (Fsp3) is 0.375. The third-order valence-electron chi connectivity index (χ3n) is 7.68. The Bertz CT molecular complexity index is 1520. The SMILES string of the molecule is COc1ccc(S(=O)(=O)N(CC(=O)N(Cc2ccc(C)cc2)[C@@H](C)C(=O)NC2CCCC2)c2ccc(F)cc2)cc1OC. The molecule has 11 heteroatoms. The van der Waals surface area contributed by atoms with Crippen LogP contribution in [0.4, 0.5) is 10.1 Å². The van der Waals surface area contributed by atoms with Crippen LogP contribution in [-0.2, 0) is 26.2 Å². The molecule has 43 heavy (non-hydrogen) atoms. The Kier molecular flexibility index (Phi) is 10.3. The van der Waals surface area contributed by atoms with E-state index in [4.69, 9.17) is 9.47 Å². The summed E-state index contributed by atoms with van der Waals surface area (Å²) in [5, 5.41) is 3.05. The van der Waals surface area contributed by atoms with Crippen LogP contribution < -0.4 is 19.1 Å². The third kappa shape index (κ3) is 7.64. The van der Waals surface area contributed by atoms with Gasteiger partial charge in [-0.25, -0.2) is 12.8 Å². The minimum absolute atomic E-state index is 0.0485. The average Bonchev–Trinajstić information content (AvgIpc) is 3.52. The molecule has 1 saturated carbocycles. The third-order valence-corrected chi connectivity index (χ3v) is 9.45. The quantitative estimate of drug-likeness (QED) is 0.315. The number of amides is 2. The molecule has 0 saturated heterocycles. The van der Waals surface area contributed by atoms with Crippen LogP contribution in [0.3, 0.4) is 0 Å². The first kappa shape index (κ1) is 31.8. The summed E-state index contributed by atoms with van der Waals surface area (Å²) in [4.78, 5) is 28.6. The van der Waals surface area contributed by atoms with Crippen LogP contribution in [0.5, 0.6) is 11.5 Å². The number of carbonyl (C=O) groups excluding carboxylic acids is 2. The minimum Gasteiger partial charge on any atom is -0.493 e. The van der Waals surface area contributed by atoms with Gasteiger partial charge >= 0.3 is 0 Å². The van der Waals surface area contributed by atoms with Crippen LogP contribution >= 0.6 is 0 Å². The van der Waals surface area contributed by atoms with Crippen LogP contribution in [0.2, 0.25) is 0 Å². The smallest absolute Gasteiger partial charge is 0.264 e. The van der Waals surface area contributed by atoms with E-state index < -0.39 is 34.3 Å². The van der Waals surface area contributed by atoms with Gasteiger partial charge in [-0.3, -0.25) is 13.9 Å². The fourth-order valence-electron chi connectivity index (χ4n) is 5.11. The summed E-state index contributed by atoms with van der Waals surface area (Å²) in [6, 6.07) is 15.7. The van der Waals surface area contributed by atoms with Gasteiger partial charge in [0, 0.05) is 18.7 Å². The highest BCUT2D eigenvalue weighted by molar-refractivity contribution is 7.92. The van der Waals surface area contributed by atoms with Crippen molar-refractivity contribution in [1.82, 2.24) is 10.2 Å². The van der Waals surface area contributed by atoms with Crippen LogP contribution in [-0.4, -0.2) is 58.0 Å². The van der Waals surface area contributed by atoms with Gasteiger partial charge < -0.3 is 19.7 Å². The summed E-state index contributed by atoms with van der Waals surface area (Å²) in [6.07, 6.45) is 3.83. The summed E-state index contributed by atoms with van der Waals surface area (Å²) in [6.45, 7) is 3.05. The zero-order chi connectivity index (χ0) is 31.1. The van der Waals surface area contributed by atoms with Crippen molar-refractivity contribution < 1.29 is 31.9 Å². The first-order valence-corrected chi connectivity index (χ1v) is 15.6. The molecule has 0 aromatic heterocycles. The van der Waals surface area contributed by atoms with E-state index in [0.717, 1.165) is 53.2 Å². The van der Waals surface area contributed by atoms with E-state index in [9.17, 15) is 22.4 Å². The van der Waals surface area contributed by atoms with E-state index in [2.05, 4.69) is 5.32 Å². The van der Waals surface area contributed by atoms with E-state index in [0.29, 0.717) is 5.75 Å². The number of hydrogen-bond acceptors (Lipinski definition) is 6. The zero-order valence-corrected chi connectivity index (χ0v) is 25.7. The predicted octanol–water partition coefficient (Wildman–Crippen LogP) is 4.82. The Morgan fingerprint density at radius 1 is 0.953 bits per heavy atom. The van der Waals surface area contributed by atoms with Crippen LogP contribution in [0.1, 0.15) is 43.7 Å². The molecule has 0 bridgehead atoms. The highest BCUT2D eigenvalue weighted by Gasteiger charge is 2.34. The van der Waals surface area contributed by atoms with Gasteiger partial charge in [0.15, 0.2) is 11.5 Å². The first-order valence-electron chi connectivity index (χ1n) is 14.2. The number of aryl methyl sites for hydroxylation is 1. The van der Waals surface area contributed by atoms with Crippen molar-refractivity contribution in [1.29, 1.82) is 0 Å². The second-order valence-electron chi connectivity index (χ2n) is 10.7. The number of nitrogens with one attached hydrogen (secondary N) is 1. The normalized spacial score (nSPS) is 14.2. The predicted molar refractivity (Wildman–Crippen MR) is 162 cm³/mol. The topological polar surface area (TPSA) is 105 Å². The van der Waals surface area contributed by atoms with E-state index >= 15 is 0 Å². The van der Waals surface area contributed by atoms with Gasteiger partial charge in [0.2, 0.25) is 11.8 Å². The maximum Gasteiger partial charge on any atom is 0.264 e. The van der Waals surface area contributed by atoms with Crippen LogP contribution in [0.15, 0.2) is 71.6 Å². The van der Waals surface area contributed by atoms with Crippen molar-refractivity contribution in [3.05, 3.63) is 83.7 Å². The van der Waals surface area contributed by atoms with Crippen molar-refractivity contribution in [3.63, 3.8) is 0 Å². The van der Waals surface area contributed by atoms with Crippen LogP contribution in [0.25, 0.3) is 0 Å². The highest BCUT2D eigenvalue weighted by atomic mass is 32.2. The Morgan fingerprint density at radius 3 is 2.19 bits per heavy atom. The Balaban J connectivity index is 1.71. The number of hydrogen-bond donors (Lipinski definition) is 1. The number of halogens is 1. The lowest BCUT2D eigenvalue weighted by atomic mass is 10.1. The van der Waals surface area contributed by atoms with Crippen molar-refractivity contribution in [2.45, 2.75) is 63.1 Å². The number of sulfonamides is 1. The zero-order valence-electron chi connectivity index (χ0n) is 24.9. The second kappa shape index (κ2) is 13.9. The van der Waals surface area contributed by atoms with Crippen molar-refractivity contribution in [3.8, 4) is 11.5 Å². The largest absolute Gasteiger partial charge is 0.493 e. The Morgan fingerprint density at radius 2 is 1.58 bits per heavy atom. The molecular weight excluding hydrogens is 573 g/mol.